The summed E-state index contributed by atoms with van der Waals surface area (Å²) >= 11 is 0. The Hall–Kier alpha value is -0.650. The average molecular weight is 260 g/mol. The van der Waals surface area contributed by atoms with Crippen molar-refractivity contribution in [3.05, 3.63) is 0 Å². The Balaban J connectivity index is 2.53. The van der Waals surface area contributed by atoms with E-state index in [9.17, 15) is 4.79 Å². The van der Waals surface area contributed by atoms with Crippen molar-refractivity contribution in [3.8, 4) is 0 Å². The molecular formula is C13H24O5. The normalized spacial score (nSPS) is 27.9. The highest BCUT2D eigenvalue weighted by Gasteiger charge is 2.37. The Labute approximate surface area is 109 Å². The topological polar surface area (TPSA) is 54.0 Å². The lowest BCUT2D eigenvalue weighted by Gasteiger charge is -2.39. The van der Waals surface area contributed by atoms with Gasteiger partial charge in [-0.2, -0.15) is 0 Å². The summed E-state index contributed by atoms with van der Waals surface area (Å²) in [5, 5.41) is 0. The van der Waals surface area contributed by atoms with Crippen LogP contribution in [0.15, 0.2) is 0 Å². The fourth-order valence-corrected chi connectivity index (χ4v) is 1.89. The molecule has 0 radical (unpaired) electrons. The first-order chi connectivity index (χ1) is 8.11. The molecule has 106 valence electrons. The van der Waals surface area contributed by atoms with Gasteiger partial charge in [0.2, 0.25) is 0 Å². The van der Waals surface area contributed by atoms with Crippen LogP contribution in [0.5, 0.6) is 0 Å². The van der Waals surface area contributed by atoms with Crippen LogP contribution in [0.3, 0.4) is 0 Å². The van der Waals surface area contributed by atoms with E-state index in [-0.39, 0.29) is 24.8 Å². The summed E-state index contributed by atoms with van der Waals surface area (Å²) in [5.41, 5.74) is -0.474. The number of carbonyl (C=O) groups is 1. The number of hydrogen-bond acceptors (Lipinski definition) is 5. The van der Waals surface area contributed by atoms with Crippen LogP contribution in [0.1, 0.15) is 47.5 Å². The summed E-state index contributed by atoms with van der Waals surface area (Å²) < 4.78 is 21.7. The molecule has 0 aliphatic carbocycles. The van der Waals surface area contributed by atoms with Crippen LogP contribution >= 0.6 is 0 Å². The lowest BCUT2D eigenvalue weighted by atomic mass is 10.1. The molecule has 1 rings (SSSR count). The molecule has 5 nitrogen and oxygen atoms in total. The van der Waals surface area contributed by atoms with E-state index in [0.29, 0.717) is 6.42 Å². The summed E-state index contributed by atoms with van der Waals surface area (Å²) in [6.45, 7) is 9.15. The summed E-state index contributed by atoms with van der Waals surface area (Å²) in [6, 6.07) is 0. The van der Waals surface area contributed by atoms with E-state index in [0.717, 1.165) is 0 Å². The van der Waals surface area contributed by atoms with Gasteiger partial charge in [0.15, 0.2) is 12.1 Å². The summed E-state index contributed by atoms with van der Waals surface area (Å²) in [7, 11) is 1.58. The third-order valence-corrected chi connectivity index (χ3v) is 2.40. The first kappa shape index (κ1) is 15.4. The summed E-state index contributed by atoms with van der Waals surface area (Å²) in [5.74, 6) is -1.01. The fraction of sp³-hybridized carbons (Fsp3) is 0.923. The van der Waals surface area contributed by atoms with E-state index in [1.54, 1.807) is 21.0 Å². The van der Waals surface area contributed by atoms with Gasteiger partial charge in [0.25, 0.3) is 0 Å². The number of carbonyl (C=O) groups excluding carboxylic acids is 1. The minimum atomic E-state index is -0.744. The van der Waals surface area contributed by atoms with Crippen LogP contribution in [0.2, 0.25) is 0 Å². The Morgan fingerprint density at radius 2 is 1.94 bits per heavy atom. The van der Waals surface area contributed by atoms with E-state index in [1.165, 1.54) is 0 Å². The maximum absolute atomic E-state index is 11.7. The van der Waals surface area contributed by atoms with Gasteiger partial charge < -0.3 is 18.9 Å². The smallest absolute Gasteiger partial charge is 0.308 e. The Bertz CT molecular complexity index is 292. The molecule has 0 amide bonds. The molecule has 0 aromatic carbocycles. The molecule has 0 aromatic rings. The second-order valence-corrected chi connectivity index (χ2v) is 5.95. The molecule has 1 aliphatic rings. The predicted molar refractivity (Wildman–Crippen MR) is 65.9 cm³/mol. The van der Waals surface area contributed by atoms with Crippen molar-refractivity contribution in [2.75, 3.05) is 7.11 Å². The molecule has 0 spiro atoms. The minimum absolute atomic E-state index is 0.212. The fourth-order valence-electron chi connectivity index (χ4n) is 1.89. The van der Waals surface area contributed by atoms with Gasteiger partial charge in [0.05, 0.1) is 12.5 Å². The van der Waals surface area contributed by atoms with E-state index in [4.69, 9.17) is 18.9 Å². The third-order valence-electron chi connectivity index (χ3n) is 2.40. The molecule has 0 bridgehead atoms. The van der Waals surface area contributed by atoms with Gasteiger partial charge in [0.1, 0.15) is 5.60 Å². The van der Waals surface area contributed by atoms with Crippen LogP contribution in [-0.2, 0) is 23.7 Å². The number of rotatable bonds is 3. The number of ether oxygens (including phenoxy) is 4. The van der Waals surface area contributed by atoms with E-state index in [1.807, 2.05) is 20.8 Å². The first-order valence-corrected chi connectivity index (χ1v) is 6.21. The second kappa shape index (κ2) is 5.55. The van der Waals surface area contributed by atoms with E-state index in [2.05, 4.69) is 0 Å². The molecule has 1 aliphatic heterocycles. The van der Waals surface area contributed by atoms with Crippen LogP contribution < -0.4 is 0 Å². The van der Waals surface area contributed by atoms with Gasteiger partial charge in [0, 0.05) is 13.5 Å². The van der Waals surface area contributed by atoms with Crippen molar-refractivity contribution in [3.63, 3.8) is 0 Å². The largest absolute Gasteiger partial charge is 0.460 e. The van der Waals surface area contributed by atoms with Crippen molar-refractivity contribution in [1.82, 2.24) is 0 Å². The average Bonchev–Trinajstić information content (AvgIpc) is 2.11. The zero-order valence-corrected chi connectivity index (χ0v) is 12.1. The maximum atomic E-state index is 11.7. The number of esters is 1. The quantitative estimate of drug-likeness (QED) is 0.728. The molecule has 5 heteroatoms. The highest BCUT2D eigenvalue weighted by molar-refractivity contribution is 5.70. The number of methoxy groups -OCH3 is 1. The molecule has 2 atom stereocenters. The predicted octanol–water partition coefficient (Wildman–Crippen LogP) is 2.23. The first-order valence-electron chi connectivity index (χ1n) is 6.21. The Kier molecular flexibility index (Phi) is 4.75. The van der Waals surface area contributed by atoms with Gasteiger partial charge in [-0.1, -0.05) is 0 Å². The lowest BCUT2D eigenvalue weighted by Crippen LogP contribution is -2.46. The number of hydrogen-bond donors (Lipinski definition) is 0. The van der Waals surface area contributed by atoms with Crippen molar-refractivity contribution >= 4 is 5.97 Å². The molecule has 0 saturated carbocycles. The minimum Gasteiger partial charge on any atom is -0.460 e. The molecule has 1 fully saturated rings. The summed E-state index contributed by atoms with van der Waals surface area (Å²) in [4.78, 5) is 11.7. The highest BCUT2D eigenvalue weighted by atomic mass is 16.8. The van der Waals surface area contributed by atoms with Crippen molar-refractivity contribution < 1.29 is 23.7 Å². The van der Waals surface area contributed by atoms with Gasteiger partial charge in [-0.15, -0.1) is 0 Å². The zero-order valence-electron chi connectivity index (χ0n) is 12.1. The molecule has 1 saturated heterocycles. The molecular weight excluding hydrogens is 236 g/mol. The maximum Gasteiger partial charge on any atom is 0.308 e. The third kappa shape index (κ3) is 5.33. The van der Waals surface area contributed by atoms with Gasteiger partial charge in [-0.3, -0.25) is 4.79 Å². The standard InChI is InChI=1S/C13H24O5/c1-12(2,3)17-10(14)7-9-8-11(15-6)18-13(4,5)16-9/h9,11H,7-8H2,1-6H3/t9-,11-/m0/s1. The monoisotopic (exact) mass is 260 g/mol. The highest BCUT2D eigenvalue weighted by Crippen LogP contribution is 2.29. The van der Waals surface area contributed by atoms with Crippen molar-refractivity contribution in [1.29, 1.82) is 0 Å². The van der Waals surface area contributed by atoms with Crippen LogP contribution in [0.25, 0.3) is 0 Å². The molecule has 0 unspecified atom stereocenters. The van der Waals surface area contributed by atoms with Crippen molar-refractivity contribution in [2.24, 2.45) is 0 Å². The van der Waals surface area contributed by atoms with Gasteiger partial charge >= 0.3 is 5.97 Å². The van der Waals surface area contributed by atoms with Gasteiger partial charge in [-0.25, -0.2) is 0 Å². The SMILES string of the molecule is CO[C@@H]1C[C@H](CC(=O)OC(C)(C)C)OC(C)(C)O1. The molecule has 0 aromatic heterocycles. The van der Waals surface area contributed by atoms with Crippen LogP contribution in [0, 0.1) is 0 Å². The van der Waals surface area contributed by atoms with Gasteiger partial charge in [-0.05, 0) is 34.6 Å². The van der Waals surface area contributed by atoms with E-state index >= 15 is 0 Å². The Morgan fingerprint density at radius 1 is 1.33 bits per heavy atom. The molecule has 18 heavy (non-hydrogen) atoms. The zero-order chi connectivity index (χ0) is 14.0. The second-order valence-electron chi connectivity index (χ2n) is 5.95. The Morgan fingerprint density at radius 3 is 2.44 bits per heavy atom. The van der Waals surface area contributed by atoms with Crippen LogP contribution in [0.4, 0.5) is 0 Å². The van der Waals surface area contributed by atoms with Crippen molar-refractivity contribution in [2.45, 2.75) is 71.2 Å². The lowest BCUT2D eigenvalue weighted by molar-refractivity contribution is -0.346. The van der Waals surface area contributed by atoms with E-state index < -0.39 is 11.4 Å². The van der Waals surface area contributed by atoms with Crippen LogP contribution in [-0.4, -0.2) is 36.9 Å². The summed E-state index contributed by atoms with van der Waals surface area (Å²) in [6.07, 6.45) is 0.151. The molecule has 1 heterocycles. The molecule has 0 N–H and O–H groups in total.